The molecule has 1 heterocycles. The maximum absolute atomic E-state index is 11.1. The highest BCUT2D eigenvalue weighted by molar-refractivity contribution is 5.79. The maximum Gasteiger partial charge on any atom is 0.325 e. The molecule has 0 amide bonds. The highest BCUT2D eigenvalue weighted by Crippen LogP contribution is 2.32. The molecule has 2 unspecified atom stereocenters. The Morgan fingerprint density at radius 1 is 1.37 bits per heavy atom. The van der Waals surface area contributed by atoms with Gasteiger partial charge in [-0.1, -0.05) is 0 Å². The fourth-order valence-electron chi connectivity index (χ4n) is 2.44. The molecule has 0 aromatic heterocycles. The quantitative estimate of drug-likeness (QED) is 0.640. The van der Waals surface area contributed by atoms with Gasteiger partial charge in [-0.2, -0.15) is 0 Å². The lowest BCUT2D eigenvalue weighted by molar-refractivity contribution is -0.142. The zero-order valence-corrected chi connectivity index (χ0v) is 10.7. The predicted octanol–water partition coefficient (Wildman–Crippen LogP) is 0.647. The van der Waals surface area contributed by atoms with Crippen LogP contribution in [0.5, 0.6) is 11.5 Å². The van der Waals surface area contributed by atoms with Crippen molar-refractivity contribution in [1.82, 2.24) is 4.90 Å². The van der Waals surface area contributed by atoms with Gasteiger partial charge < -0.3 is 21.1 Å². The summed E-state index contributed by atoms with van der Waals surface area (Å²) in [5.41, 5.74) is 5.34. The van der Waals surface area contributed by atoms with Gasteiger partial charge in [0.25, 0.3) is 0 Å². The molecule has 2 rings (SSSR count). The monoisotopic (exact) mass is 266 g/mol. The second-order valence-electron chi connectivity index (χ2n) is 5.14. The average Bonchev–Trinajstić information content (AvgIpc) is 2.71. The zero-order valence-electron chi connectivity index (χ0n) is 10.7. The number of hydrogen-bond donors (Lipinski definition) is 4. The fraction of sp³-hybridized carbons (Fsp3) is 0.462. The smallest absolute Gasteiger partial charge is 0.325 e. The number of nitrogens with two attached hydrogens (primary N) is 1. The second-order valence-corrected chi connectivity index (χ2v) is 5.14. The van der Waals surface area contributed by atoms with Crippen LogP contribution in [0.15, 0.2) is 18.2 Å². The number of carbonyl (C=O) groups is 1. The molecule has 1 aromatic rings. The van der Waals surface area contributed by atoms with Crippen LogP contribution < -0.4 is 5.73 Å². The Bertz CT molecular complexity index is 485. The van der Waals surface area contributed by atoms with Crippen molar-refractivity contribution in [3.05, 3.63) is 23.8 Å². The minimum absolute atomic E-state index is 0.0155. The topological polar surface area (TPSA) is 107 Å². The summed E-state index contributed by atoms with van der Waals surface area (Å²) >= 11 is 0. The Morgan fingerprint density at radius 2 is 1.95 bits per heavy atom. The molecule has 0 radical (unpaired) electrons. The lowest BCUT2D eigenvalue weighted by Gasteiger charge is -2.26. The van der Waals surface area contributed by atoms with Crippen LogP contribution in [0.4, 0.5) is 0 Å². The number of rotatable bonds is 3. The first kappa shape index (κ1) is 13.6. The standard InChI is InChI=1S/C13H18N2O4/c1-8(9-4-10(16)6-11(17)5-9)15-3-2-13(14,7-15)12(18)19/h4-6,8,16-17H,2-3,7,14H2,1H3,(H,18,19). The number of aromatic hydroxyl groups is 2. The summed E-state index contributed by atoms with van der Waals surface area (Å²) in [5.74, 6) is -1.03. The molecule has 6 heteroatoms. The number of carboxylic acids is 1. The number of carboxylic acid groups (broad SMARTS) is 1. The second kappa shape index (κ2) is 4.71. The van der Waals surface area contributed by atoms with E-state index in [1.807, 2.05) is 11.8 Å². The van der Waals surface area contributed by atoms with Crippen molar-refractivity contribution >= 4 is 5.97 Å². The number of phenolic OH excluding ortho intramolecular Hbond substituents is 2. The minimum Gasteiger partial charge on any atom is -0.508 e. The summed E-state index contributed by atoms with van der Waals surface area (Å²) in [5, 5.41) is 28.1. The Labute approximate surface area is 111 Å². The van der Waals surface area contributed by atoms with E-state index >= 15 is 0 Å². The minimum atomic E-state index is -1.22. The molecule has 1 aliphatic heterocycles. The number of aliphatic carboxylic acids is 1. The summed E-state index contributed by atoms with van der Waals surface area (Å²) < 4.78 is 0. The van der Waals surface area contributed by atoms with Crippen LogP contribution >= 0.6 is 0 Å². The Hall–Kier alpha value is -1.79. The molecule has 0 saturated carbocycles. The Kier molecular flexibility index (Phi) is 3.38. The maximum atomic E-state index is 11.1. The average molecular weight is 266 g/mol. The van der Waals surface area contributed by atoms with Gasteiger partial charge in [0.1, 0.15) is 17.0 Å². The van der Waals surface area contributed by atoms with Crippen molar-refractivity contribution in [3.8, 4) is 11.5 Å². The van der Waals surface area contributed by atoms with Gasteiger partial charge in [-0.25, -0.2) is 0 Å². The van der Waals surface area contributed by atoms with E-state index in [-0.39, 0.29) is 24.1 Å². The molecule has 1 aliphatic rings. The molecule has 104 valence electrons. The number of nitrogens with zero attached hydrogens (tertiary/aromatic N) is 1. The number of hydrogen-bond acceptors (Lipinski definition) is 5. The number of phenols is 2. The molecule has 2 atom stereocenters. The highest BCUT2D eigenvalue weighted by atomic mass is 16.4. The first-order valence-corrected chi connectivity index (χ1v) is 6.11. The molecule has 1 fully saturated rings. The largest absolute Gasteiger partial charge is 0.508 e. The van der Waals surface area contributed by atoms with Gasteiger partial charge in [0, 0.05) is 25.2 Å². The molecule has 19 heavy (non-hydrogen) atoms. The van der Waals surface area contributed by atoms with Crippen LogP contribution in [0.3, 0.4) is 0 Å². The van der Waals surface area contributed by atoms with Crippen molar-refractivity contribution < 1.29 is 20.1 Å². The summed E-state index contributed by atoms with van der Waals surface area (Å²) in [7, 11) is 0. The third-order valence-corrected chi connectivity index (χ3v) is 3.71. The summed E-state index contributed by atoms with van der Waals surface area (Å²) in [6, 6.07) is 4.25. The van der Waals surface area contributed by atoms with E-state index in [2.05, 4.69) is 0 Å². The zero-order chi connectivity index (χ0) is 14.2. The van der Waals surface area contributed by atoms with Crippen LogP contribution in [0.2, 0.25) is 0 Å². The van der Waals surface area contributed by atoms with E-state index in [1.165, 1.54) is 6.07 Å². The van der Waals surface area contributed by atoms with Crippen LogP contribution in [0, 0.1) is 0 Å². The summed E-state index contributed by atoms with van der Waals surface area (Å²) in [4.78, 5) is 13.0. The molecule has 6 nitrogen and oxygen atoms in total. The number of benzene rings is 1. The lowest BCUT2D eigenvalue weighted by Crippen LogP contribution is -2.50. The van der Waals surface area contributed by atoms with E-state index in [9.17, 15) is 15.0 Å². The molecule has 0 aliphatic carbocycles. The molecule has 0 spiro atoms. The van der Waals surface area contributed by atoms with Gasteiger partial charge in [0.05, 0.1) is 0 Å². The molecule has 5 N–H and O–H groups in total. The van der Waals surface area contributed by atoms with Gasteiger partial charge in [0.15, 0.2) is 0 Å². The van der Waals surface area contributed by atoms with Gasteiger partial charge in [-0.3, -0.25) is 9.69 Å². The highest BCUT2D eigenvalue weighted by Gasteiger charge is 2.42. The van der Waals surface area contributed by atoms with Crippen molar-refractivity contribution in [2.24, 2.45) is 5.73 Å². The van der Waals surface area contributed by atoms with Crippen molar-refractivity contribution in [3.63, 3.8) is 0 Å². The van der Waals surface area contributed by atoms with Gasteiger partial charge in [-0.05, 0) is 31.0 Å². The normalized spacial score (nSPS) is 25.4. The van der Waals surface area contributed by atoms with Crippen LogP contribution in [-0.2, 0) is 4.79 Å². The molecule has 0 bridgehead atoms. The first-order chi connectivity index (χ1) is 8.82. The molecule has 1 saturated heterocycles. The van der Waals surface area contributed by atoms with E-state index in [0.717, 1.165) is 5.56 Å². The predicted molar refractivity (Wildman–Crippen MR) is 68.9 cm³/mol. The lowest BCUT2D eigenvalue weighted by atomic mass is 10.0. The van der Waals surface area contributed by atoms with Crippen LogP contribution in [0.1, 0.15) is 24.9 Å². The van der Waals surface area contributed by atoms with Crippen molar-refractivity contribution in [2.75, 3.05) is 13.1 Å². The van der Waals surface area contributed by atoms with Crippen LogP contribution in [-0.4, -0.2) is 44.8 Å². The van der Waals surface area contributed by atoms with Crippen molar-refractivity contribution in [2.45, 2.75) is 24.9 Å². The molecular formula is C13H18N2O4. The van der Waals surface area contributed by atoms with E-state index < -0.39 is 11.5 Å². The van der Waals surface area contributed by atoms with Gasteiger partial charge in [-0.15, -0.1) is 0 Å². The third-order valence-electron chi connectivity index (χ3n) is 3.71. The van der Waals surface area contributed by atoms with Crippen LogP contribution in [0.25, 0.3) is 0 Å². The summed E-state index contributed by atoms with van der Waals surface area (Å²) in [6.45, 7) is 2.71. The summed E-state index contributed by atoms with van der Waals surface area (Å²) in [6.07, 6.45) is 0.386. The first-order valence-electron chi connectivity index (χ1n) is 6.11. The molecule has 1 aromatic carbocycles. The third kappa shape index (κ3) is 2.64. The van der Waals surface area contributed by atoms with Gasteiger partial charge >= 0.3 is 5.97 Å². The number of likely N-dealkylation sites (tertiary alicyclic amines) is 1. The van der Waals surface area contributed by atoms with Crippen molar-refractivity contribution in [1.29, 1.82) is 0 Å². The molecular weight excluding hydrogens is 248 g/mol. The van der Waals surface area contributed by atoms with E-state index in [4.69, 9.17) is 10.8 Å². The fourth-order valence-corrected chi connectivity index (χ4v) is 2.44. The Balaban J connectivity index is 2.17. The van der Waals surface area contributed by atoms with E-state index in [1.54, 1.807) is 12.1 Å². The SMILES string of the molecule is CC(c1cc(O)cc(O)c1)N1CCC(N)(C(=O)O)C1. The van der Waals surface area contributed by atoms with E-state index in [0.29, 0.717) is 13.0 Å². The Morgan fingerprint density at radius 3 is 2.42 bits per heavy atom. The van der Waals surface area contributed by atoms with Gasteiger partial charge in [0.2, 0.25) is 0 Å².